The molecule has 0 aliphatic rings. The van der Waals surface area contributed by atoms with E-state index < -0.39 is 27.5 Å². The highest BCUT2D eigenvalue weighted by atomic mass is 32.2. The Morgan fingerprint density at radius 3 is 2.40 bits per heavy atom. The lowest BCUT2D eigenvalue weighted by Gasteiger charge is -2.10. The zero-order valence-corrected chi connectivity index (χ0v) is 16.9. The van der Waals surface area contributed by atoms with Gasteiger partial charge in [0, 0.05) is 5.69 Å². The van der Waals surface area contributed by atoms with Crippen LogP contribution in [0, 0.1) is 6.92 Å². The SMILES string of the molecule is CCS(=O)(=O)c1ccc(NC(=O)c2cnn(-c3cccc(C(F)(F)F)c3)c2C)cc1. The topological polar surface area (TPSA) is 81.1 Å². The van der Waals surface area contributed by atoms with Gasteiger partial charge in [0.25, 0.3) is 5.91 Å². The number of nitrogens with one attached hydrogen (secondary N) is 1. The van der Waals surface area contributed by atoms with E-state index in [1.54, 1.807) is 6.92 Å². The Bertz CT molecular complexity index is 1180. The van der Waals surface area contributed by atoms with E-state index in [1.807, 2.05) is 0 Å². The molecule has 0 saturated carbocycles. The van der Waals surface area contributed by atoms with E-state index in [4.69, 9.17) is 0 Å². The van der Waals surface area contributed by atoms with Crippen molar-refractivity contribution < 1.29 is 26.4 Å². The maximum absolute atomic E-state index is 13.0. The molecule has 158 valence electrons. The molecule has 0 saturated heterocycles. The highest BCUT2D eigenvalue weighted by molar-refractivity contribution is 7.91. The van der Waals surface area contributed by atoms with E-state index in [9.17, 15) is 26.4 Å². The van der Waals surface area contributed by atoms with Gasteiger partial charge in [-0.3, -0.25) is 4.79 Å². The molecule has 2 aromatic carbocycles. The highest BCUT2D eigenvalue weighted by Crippen LogP contribution is 2.30. The molecule has 0 fully saturated rings. The van der Waals surface area contributed by atoms with Crippen LogP contribution in [0.3, 0.4) is 0 Å². The fraction of sp³-hybridized carbons (Fsp3) is 0.200. The molecule has 6 nitrogen and oxygen atoms in total. The molecule has 0 radical (unpaired) electrons. The summed E-state index contributed by atoms with van der Waals surface area (Å²) < 4.78 is 63.8. The average Bonchev–Trinajstić information content (AvgIpc) is 3.09. The normalized spacial score (nSPS) is 12.0. The first kappa shape index (κ1) is 21.6. The predicted octanol–water partition coefficient (Wildman–Crippen LogP) is 4.25. The number of hydrogen-bond donors (Lipinski definition) is 1. The zero-order valence-electron chi connectivity index (χ0n) is 16.1. The van der Waals surface area contributed by atoms with Crippen molar-refractivity contribution in [3.8, 4) is 5.69 Å². The van der Waals surface area contributed by atoms with Gasteiger partial charge < -0.3 is 5.32 Å². The molecule has 1 heterocycles. The minimum absolute atomic E-state index is 0.0351. The molecule has 3 aromatic rings. The lowest BCUT2D eigenvalue weighted by molar-refractivity contribution is -0.137. The molecule has 0 spiro atoms. The summed E-state index contributed by atoms with van der Waals surface area (Å²) in [6.45, 7) is 3.11. The molecule has 10 heteroatoms. The van der Waals surface area contributed by atoms with Gasteiger partial charge in [-0.1, -0.05) is 13.0 Å². The molecule has 1 N–H and O–H groups in total. The monoisotopic (exact) mass is 437 g/mol. The maximum Gasteiger partial charge on any atom is 0.416 e. The zero-order chi connectivity index (χ0) is 22.1. The predicted molar refractivity (Wildman–Crippen MR) is 105 cm³/mol. The van der Waals surface area contributed by atoms with Crippen LogP contribution in [0.4, 0.5) is 18.9 Å². The first-order valence-corrected chi connectivity index (χ1v) is 10.5. The highest BCUT2D eigenvalue weighted by Gasteiger charge is 2.30. The van der Waals surface area contributed by atoms with Crippen LogP contribution < -0.4 is 5.32 Å². The summed E-state index contributed by atoms with van der Waals surface area (Å²) >= 11 is 0. The second-order valence-electron chi connectivity index (χ2n) is 6.49. The standard InChI is InChI=1S/C20H18F3N3O3S/c1-3-30(28,29)17-9-7-15(8-10-17)25-19(27)18-12-24-26(13(18)2)16-6-4-5-14(11-16)20(21,22)23/h4-12H,3H2,1-2H3,(H,25,27). The Balaban J connectivity index is 1.83. The maximum atomic E-state index is 13.0. The number of hydrogen-bond acceptors (Lipinski definition) is 4. The van der Waals surface area contributed by atoms with Gasteiger partial charge in [-0.15, -0.1) is 0 Å². The second kappa shape index (κ2) is 7.94. The number of benzene rings is 2. The number of nitrogens with zero attached hydrogens (tertiary/aromatic N) is 2. The molecule has 1 amide bonds. The summed E-state index contributed by atoms with van der Waals surface area (Å²) in [4.78, 5) is 12.7. The number of carbonyl (C=O) groups excluding carboxylic acids is 1. The van der Waals surface area contributed by atoms with E-state index in [-0.39, 0.29) is 21.9 Å². The molecule has 0 aliphatic carbocycles. The van der Waals surface area contributed by atoms with Gasteiger partial charge in [0.15, 0.2) is 9.84 Å². The van der Waals surface area contributed by atoms with Crippen molar-refractivity contribution in [2.24, 2.45) is 0 Å². The van der Waals surface area contributed by atoms with Crippen LogP contribution >= 0.6 is 0 Å². The molecule has 0 aliphatic heterocycles. The fourth-order valence-corrected chi connectivity index (χ4v) is 3.70. The third-order valence-electron chi connectivity index (χ3n) is 4.52. The fourth-order valence-electron chi connectivity index (χ4n) is 2.82. The lowest BCUT2D eigenvalue weighted by atomic mass is 10.2. The van der Waals surface area contributed by atoms with E-state index in [1.165, 1.54) is 54.2 Å². The third kappa shape index (κ3) is 4.38. The van der Waals surface area contributed by atoms with Crippen LogP contribution in [-0.2, 0) is 16.0 Å². The average molecular weight is 437 g/mol. The minimum Gasteiger partial charge on any atom is -0.322 e. The Kier molecular flexibility index (Phi) is 5.71. The Morgan fingerprint density at radius 1 is 1.13 bits per heavy atom. The first-order chi connectivity index (χ1) is 14.0. The number of halogens is 3. The van der Waals surface area contributed by atoms with Crippen LogP contribution in [0.2, 0.25) is 0 Å². The molecule has 0 atom stereocenters. The van der Waals surface area contributed by atoms with Gasteiger partial charge in [0.2, 0.25) is 0 Å². The molecular weight excluding hydrogens is 419 g/mol. The van der Waals surface area contributed by atoms with Crippen molar-refractivity contribution in [2.45, 2.75) is 24.9 Å². The summed E-state index contributed by atoms with van der Waals surface area (Å²) in [7, 11) is -3.35. The van der Waals surface area contributed by atoms with Gasteiger partial charge in [-0.2, -0.15) is 18.3 Å². The van der Waals surface area contributed by atoms with E-state index in [0.717, 1.165) is 12.1 Å². The Labute approximate surface area is 171 Å². The number of carbonyl (C=O) groups is 1. The molecular formula is C20H18F3N3O3S. The molecule has 1 aromatic heterocycles. The summed E-state index contributed by atoms with van der Waals surface area (Å²) in [5.41, 5.74) is 0.273. The van der Waals surface area contributed by atoms with Gasteiger partial charge >= 0.3 is 6.18 Å². The van der Waals surface area contributed by atoms with E-state index >= 15 is 0 Å². The van der Waals surface area contributed by atoms with Gasteiger partial charge in [0.05, 0.1) is 39.4 Å². The third-order valence-corrected chi connectivity index (χ3v) is 6.27. The summed E-state index contributed by atoms with van der Waals surface area (Å²) in [5.74, 6) is -0.552. The molecule has 30 heavy (non-hydrogen) atoms. The van der Waals surface area contributed by atoms with Crippen LogP contribution in [0.15, 0.2) is 59.6 Å². The smallest absolute Gasteiger partial charge is 0.322 e. The summed E-state index contributed by atoms with van der Waals surface area (Å²) in [6, 6.07) is 10.4. The van der Waals surface area contributed by atoms with Crippen molar-refractivity contribution in [1.82, 2.24) is 9.78 Å². The van der Waals surface area contributed by atoms with Crippen molar-refractivity contribution in [2.75, 3.05) is 11.1 Å². The quantitative estimate of drug-likeness (QED) is 0.647. The minimum atomic E-state index is -4.49. The van der Waals surface area contributed by atoms with Crippen molar-refractivity contribution >= 4 is 21.4 Å². The number of alkyl halides is 3. The van der Waals surface area contributed by atoms with Crippen LogP contribution in [-0.4, -0.2) is 29.9 Å². The lowest BCUT2D eigenvalue weighted by Crippen LogP contribution is -2.13. The number of rotatable bonds is 5. The Hall–Kier alpha value is -3.14. The number of aromatic nitrogens is 2. The number of anilines is 1. The molecule has 3 rings (SSSR count). The van der Waals surface area contributed by atoms with Gasteiger partial charge in [0.1, 0.15) is 0 Å². The largest absolute Gasteiger partial charge is 0.416 e. The first-order valence-electron chi connectivity index (χ1n) is 8.89. The van der Waals surface area contributed by atoms with Crippen molar-refractivity contribution in [3.63, 3.8) is 0 Å². The number of amides is 1. The van der Waals surface area contributed by atoms with Crippen molar-refractivity contribution in [1.29, 1.82) is 0 Å². The second-order valence-corrected chi connectivity index (χ2v) is 8.76. The van der Waals surface area contributed by atoms with E-state index in [0.29, 0.717) is 11.4 Å². The number of sulfone groups is 1. The summed E-state index contributed by atoms with van der Waals surface area (Å²) in [6.07, 6.45) is -3.23. The van der Waals surface area contributed by atoms with Crippen LogP contribution in [0.5, 0.6) is 0 Å². The van der Waals surface area contributed by atoms with Crippen LogP contribution in [0.1, 0.15) is 28.5 Å². The van der Waals surface area contributed by atoms with Gasteiger partial charge in [-0.25, -0.2) is 13.1 Å². The summed E-state index contributed by atoms with van der Waals surface area (Å²) in [5, 5.41) is 6.67. The molecule has 0 bridgehead atoms. The van der Waals surface area contributed by atoms with Gasteiger partial charge in [-0.05, 0) is 49.4 Å². The van der Waals surface area contributed by atoms with Crippen LogP contribution in [0.25, 0.3) is 5.69 Å². The molecule has 0 unspecified atom stereocenters. The Morgan fingerprint density at radius 2 is 1.80 bits per heavy atom. The van der Waals surface area contributed by atoms with E-state index in [2.05, 4.69) is 10.4 Å². The van der Waals surface area contributed by atoms with Crippen molar-refractivity contribution in [3.05, 3.63) is 71.5 Å².